The van der Waals surface area contributed by atoms with Crippen LogP contribution in [0, 0.1) is 0 Å². The van der Waals surface area contributed by atoms with E-state index in [2.05, 4.69) is 33.2 Å². The van der Waals surface area contributed by atoms with Gasteiger partial charge in [-0.3, -0.25) is 9.78 Å². The number of aromatic nitrogens is 1. The summed E-state index contributed by atoms with van der Waals surface area (Å²) >= 11 is 3.55. The molecule has 19 heavy (non-hydrogen) atoms. The highest BCUT2D eigenvalue weighted by Crippen LogP contribution is 2.24. The van der Waals surface area contributed by atoms with E-state index >= 15 is 0 Å². The lowest BCUT2D eigenvalue weighted by atomic mass is 10.2. The minimum atomic E-state index is -0.124. The SMILES string of the molecule is CCC(Br)c1ccc(NC(=O)c2ccccc2)cn1. The Morgan fingerprint density at radius 3 is 2.58 bits per heavy atom. The van der Waals surface area contributed by atoms with Crippen LogP contribution in [0.1, 0.15) is 34.2 Å². The number of alkyl halides is 1. The first kappa shape index (κ1) is 13.7. The van der Waals surface area contributed by atoms with E-state index in [1.165, 1.54) is 0 Å². The molecule has 1 atom stereocenters. The number of nitrogens with zero attached hydrogens (tertiary/aromatic N) is 1. The molecule has 0 bridgehead atoms. The Morgan fingerprint density at radius 2 is 2.00 bits per heavy atom. The quantitative estimate of drug-likeness (QED) is 0.859. The second kappa shape index (κ2) is 6.48. The molecule has 0 radical (unpaired) electrons. The van der Waals surface area contributed by atoms with Crippen molar-refractivity contribution in [3.05, 3.63) is 59.9 Å². The van der Waals surface area contributed by atoms with Gasteiger partial charge in [0.1, 0.15) is 0 Å². The molecule has 1 heterocycles. The van der Waals surface area contributed by atoms with Crippen LogP contribution >= 0.6 is 15.9 Å². The highest BCUT2D eigenvalue weighted by molar-refractivity contribution is 9.09. The first-order chi connectivity index (χ1) is 9.20. The zero-order valence-electron chi connectivity index (χ0n) is 10.6. The summed E-state index contributed by atoms with van der Waals surface area (Å²) in [6.07, 6.45) is 2.66. The standard InChI is InChI=1S/C15H15BrN2O/c1-2-13(16)14-9-8-12(10-17-14)18-15(19)11-6-4-3-5-7-11/h3-10,13H,2H2,1H3,(H,18,19). The van der Waals surface area contributed by atoms with Gasteiger partial charge in [-0.2, -0.15) is 0 Å². The molecule has 1 amide bonds. The number of hydrogen-bond acceptors (Lipinski definition) is 2. The average molecular weight is 319 g/mol. The number of pyridine rings is 1. The third kappa shape index (κ3) is 3.64. The van der Waals surface area contributed by atoms with Gasteiger partial charge in [0, 0.05) is 5.56 Å². The van der Waals surface area contributed by atoms with Crippen LogP contribution < -0.4 is 5.32 Å². The number of carbonyl (C=O) groups is 1. The van der Waals surface area contributed by atoms with Gasteiger partial charge in [0.15, 0.2) is 0 Å². The molecule has 0 aliphatic heterocycles. The van der Waals surface area contributed by atoms with Crippen LogP contribution in [0.5, 0.6) is 0 Å². The van der Waals surface area contributed by atoms with Crippen LogP contribution in [0.15, 0.2) is 48.7 Å². The van der Waals surface area contributed by atoms with Gasteiger partial charge in [-0.25, -0.2) is 0 Å². The summed E-state index contributed by atoms with van der Waals surface area (Å²) in [7, 11) is 0. The van der Waals surface area contributed by atoms with Crippen LogP contribution in [0.25, 0.3) is 0 Å². The largest absolute Gasteiger partial charge is 0.321 e. The van der Waals surface area contributed by atoms with E-state index < -0.39 is 0 Å². The molecular formula is C15H15BrN2O. The van der Waals surface area contributed by atoms with Crippen molar-refractivity contribution in [1.29, 1.82) is 0 Å². The zero-order valence-corrected chi connectivity index (χ0v) is 12.2. The van der Waals surface area contributed by atoms with E-state index in [1.54, 1.807) is 18.3 Å². The molecule has 3 nitrogen and oxygen atoms in total. The summed E-state index contributed by atoms with van der Waals surface area (Å²) in [5, 5.41) is 2.83. The van der Waals surface area contributed by atoms with Gasteiger partial charge in [-0.05, 0) is 30.7 Å². The van der Waals surface area contributed by atoms with Crippen molar-refractivity contribution in [3.8, 4) is 0 Å². The Morgan fingerprint density at radius 1 is 1.26 bits per heavy atom. The molecule has 0 aliphatic carbocycles. The predicted molar refractivity (Wildman–Crippen MR) is 80.6 cm³/mol. The maximum Gasteiger partial charge on any atom is 0.255 e. The van der Waals surface area contributed by atoms with Crippen molar-refractivity contribution in [1.82, 2.24) is 4.98 Å². The van der Waals surface area contributed by atoms with Crippen LogP contribution in [0.2, 0.25) is 0 Å². The number of benzene rings is 1. The van der Waals surface area contributed by atoms with E-state index in [9.17, 15) is 4.79 Å². The maximum absolute atomic E-state index is 11.9. The molecule has 2 rings (SSSR count). The first-order valence-corrected chi connectivity index (χ1v) is 7.08. The van der Waals surface area contributed by atoms with Crippen LogP contribution in [0.4, 0.5) is 5.69 Å². The average Bonchev–Trinajstić information content (AvgIpc) is 2.48. The van der Waals surface area contributed by atoms with Crippen molar-refractivity contribution in [2.24, 2.45) is 0 Å². The fourth-order valence-electron chi connectivity index (χ4n) is 1.67. The molecule has 0 spiro atoms. The van der Waals surface area contributed by atoms with E-state index in [0.29, 0.717) is 11.3 Å². The molecule has 4 heteroatoms. The molecule has 0 fully saturated rings. The van der Waals surface area contributed by atoms with Gasteiger partial charge in [-0.1, -0.05) is 41.1 Å². The number of carbonyl (C=O) groups excluding carboxylic acids is 1. The van der Waals surface area contributed by atoms with Gasteiger partial charge in [0.2, 0.25) is 0 Å². The Bertz CT molecular complexity index is 540. The second-order valence-electron chi connectivity index (χ2n) is 4.17. The lowest BCUT2D eigenvalue weighted by Gasteiger charge is -2.08. The number of halogens is 1. The van der Waals surface area contributed by atoms with Gasteiger partial charge in [-0.15, -0.1) is 0 Å². The van der Waals surface area contributed by atoms with Crippen molar-refractivity contribution in [2.45, 2.75) is 18.2 Å². The van der Waals surface area contributed by atoms with Gasteiger partial charge in [0.05, 0.1) is 22.4 Å². The highest BCUT2D eigenvalue weighted by atomic mass is 79.9. The molecule has 2 aromatic rings. The summed E-state index contributed by atoms with van der Waals surface area (Å²) in [6.45, 7) is 2.09. The van der Waals surface area contributed by atoms with Crippen molar-refractivity contribution in [3.63, 3.8) is 0 Å². The second-order valence-corrected chi connectivity index (χ2v) is 5.27. The maximum atomic E-state index is 11.9. The Hall–Kier alpha value is -1.68. The number of anilines is 1. The number of amides is 1. The van der Waals surface area contributed by atoms with Gasteiger partial charge < -0.3 is 5.32 Å². The molecule has 0 saturated heterocycles. The third-order valence-electron chi connectivity index (χ3n) is 2.76. The molecule has 1 aromatic carbocycles. The van der Waals surface area contributed by atoms with E-state index in [-0.39, 0.29) is 10.7 Å². The Balaban J connectivity index is 2.06. The van der Waals surface area contributed by atoms with Crippen LogP contribution in [0.3, 0.4) is 0 Å². The van der Waals surface area contributed by atoms with Gasteiger partial charge in [0.25, 0.3) is 5.91 Å². The summed E-state index contributed by atoms with van der Waals surface area (Å²) in [5.74, 6) is -0.124. The molecule has 0 saturated carbocycles. The summed E-state index contributed by atoms with van der Waals surface area (Å²) in [6, 6.07) is 12.9. The minimum absolute atomic E-state index is 0.124. The molecular weight excluding hydrogens is 304 g/mol. The normalized spacial score (nSPS) is 11.9. The number of hydrogen-bond donors (Lipinski definition) is 1. The van der Waals surface area contributed by atoms with Crippen molar-refractivity contribution in [2.75, 3.05) is 5.32 Å². The van der Waals surface area contributed by atoms with Crippen molar-refractivity contribution >= 4 is 27.5 Å². The molecule has 0 aliphatic rings. The molecule has 1 N–H and O–H groups in total. The number of rotatable bonds is 4. The van der Waals surface area contributed by atoms with Crippen LogP contribution in [-0.4, -0.2) is 10.9 Å². The van der Waals surface area contributed by atoms with Crippen molar-refractivity contribution < 1.29 is 4.79 Å². The van der Waals surface area contributed by atoms with E-state index in [4.69, 9.17) is 0 Å². The Labute approximate surface area is 121 Å². The third-order valence-corrected chi connectivity index (χ3v) is 3.88. The number of nitrogens with one attached hydrogen (secondary N) is 1. The first-order valence-electron chi connectivity index (χ1n) is 6.17. The summed E-state index contributed by atoms with van der Waals surface area (Å²) in [4.78, 5) is 16.5. The lowest BCUT2D eigenvalue weighted by Crippen LogP contribution is -2.11. The smallest absolute Gasteiger partial charge is 0.255 e. The van der Waals surface area contributed by atoms with Gasteiger partial charge >= 0.3 is 0 Å². The molecule has 1 unspecified atom stereocenters. The summed E-state index contributed by atoms with van der Waals surface area (Å²) < 4.78 is 0. The van der Waals surface area contributed by atoms with E-state index in [0.717, 1.165) is 12.1 Å². The Kier molecular flexibility index (Phi) is 4.68. The molecule has 98 valence electrons. The zero-order chi connectivity index (χ0) is 13.7. The van der Waals surface area contributed by atoms with E-state index in [1.807, 2.05) is 30.3 Å². The minimum Gasteiger partial charge on any atom is -0.321 e. The summed E-state index contributed by atoms with van der Waals surface area (Å²) in [5.41, 5.74) is 2.31. The molecule has 1 aromatic heterocycles. The topological polar surface area (TPSA) is 42.0 Å². The monoisotopic (exact) mass is 318 g/mol. The predicted octanol–water partition coefficient (Wildman–Crippen LogP) is 4.18. The highest BCUT2D eigenvalue weighted by Gasteiger charge is 2.08. The lowest BCUT2D eigenvalue weighted by molar-refractivity contribution is 0.102. The fourth-order valence-corrected chi connectivity index (χ4v) is 1.94. The fraction of sp³-hybridized carbons (Fsp3) is 0.200. The van der Waals surface area contributed by atoms with Crippen LogP contribution in [-0.2, 0) is 0 Å².